The van der Waals surface area contributed by atoms with Gasteiger partial charge < -0.3 is 18.9 Å². The average molecular weight is 542 g/mol. The third-order valence-corrected chi connectivity index (χ3v) is 5.69. The predicted molar refractivity (Wildman–Crippen MR) is 90.8 cm³/mol. The molecule has 0 heterocycles. The first-order valence-electron chi connectivity index (χ1n) is 5.85. The summed E-state index contributed by atoms with van der Waals surface area (Å²) in [5.41, 5.74) is 0. The monoisotopic (exact) mass is 542 g/mol. The zero-order valence-corrected chi connectivity index (χ0v) is 16.8. The van der Waals surface area contributed by atoms with Crippen molar-refractivity contribution in [1.82, 2.24) is 0 Å². The highest BCUT2D eigenvalue weighted by atomic mass is 127. The van der Waals surface area contributed by atoms with Crippen molar-refractivity contribution in [3.05, 3.63) is 0 Å². The van der Waals surface area contributed by atoms with Crippen LogP contribution in [0.2, 0.25) is 0 Å². The lowest BCUT2D eigenvalue weighted by Gasteiger charge is -2.27. The molecule has 0 aliphatic heterocycles. The van der Waals surface area contributed by atoms with Crippen LogP contribution in [0.4, 0.5) is 0 Å². The average Bonchev–Trinajstić information content (AvgIpc) is 2.55. The number of hydrogen-bond donors (Lipinski definition) is 0. The maximum Gasteiger partial charge on any atom is 0.333 e. The summed E-state index contributed by atoms with van der Waals surface area (Å²) in [6.45, 7) is 0. The molecule has 0 aliphatic rings. The van der Waals surface area contributed by atoms with E-state index in [0.717, 1.165) is 28.4 Å². The summed E-state index contributed by atoms with van der Waals surface area (Å²) in [7, 11) is 4.49. The topological polar surface area (TPSA) is 105 Å². The minimum absolute atomic E-state index is 0.181. The lowest BCUT2D eigenvalue weighted by atomic mass is 9.95. The number of alkyl halides is 2. The van der Waals surface area contributed by atoms with Gasteiger partial charge in [-0.15, -0.1) is 0 Å². The summed E-state index contributed by atoms with van der Waals surface area (Å²) in [5, 5.41) is 0. The number of hydrogen-bond acceptors (Lipinski definition) is 8. The number of carbonyl (C=O) groups excluding carboxylic acids is 4. The van der Waals surface area contributed by atoms with Crippen molar-refractivity contribution in [3.63, 3.8) is 0 Å². The molecule has 0 spiro atoms. The first-order chi connectivity index (χ1) is 10.1. The lowest BCUT2D eigenvalue weighted by Crippen LogP contribution is -2.47. The number of halogens is 2. The van der Waals surface area contributed by atoms with E-state index in [1.165, 1.54) is 0 Å². The van der Waals surface area contributed by atoms with Gasteiger partial charge in [-0.1, -0.05) is 45.2 Å². The molecule has 126 valence electrons. The molecule has 0 amide bonds. The molecule has 0 aliphatic carbocycles. The maximum atomic E-state index is 11.9. The second kappa shape index (κ2) is 8.84. The van der Waals surface area contributed by atoms with Crippen LogP contribution in [0.1, 0.15) is 12.8 Å². The molecule has 0 atom stereocenters. The minimum atomic E-state index is -1.68. The van der Waals surface area contributed by atoms with Crippen LogP contribution < -0.4 is 0 Å². The standard InChI is InChI=1S/C12H16I2O8/c1-19-7(15)11(13,8(16)20-2)5-6-12(14,9(17)21-3)10(18)22-4/h5-6H2,1-4H3. The Morgan fingerprint density at radius 1 is 0.636 bits per heavy atom. The molecule has 0 aromatic rings. The van der Waals surface area contributed by atoms with Crippen molar-refractivity contribution < 1.29 is 38.1 Å². The molecule has 10 heteroatoms. The zero-order chi connectivity index (χ0) is 17.6. The van der Waals surface area contributed by atoms with E-state index in [1.807, 2.05) is 0 Å². The van der Waals surface area contributed by atoms with Crippen molar-refractivity contribution in [3.8, 4) is 0 Å². The second-order valence-electron chi connectivity index (χ2n) is 4.07. The Hall–Kier alpha value is -0.660. The van der Waals surface area contributed by atoms with Gasteiger partial charge in [-0.3, -0.25) is 0 Å². The number of methoxy groups -OCH3 is 4. The molecular weight excluding hydrogens is 526 g/mol. The van der Waals surface area contributed by atoms with Gasteiger partial charge in [0.2, 0.25) is 6.84 Å². The quantitative estimate of drug-likeness (QED) is 0.153. The van der Waals surface area contributed by atoms with Crippen molar-refractivity contribution in [2.24, 2.45) is 0 Å². The van der Waals surface area contributed by atoms with E-state index >= 15 is 0 Å². The van der Waals surface area contributed by atoms with E-state index in [9.17, 15) is 19.2 Å². The van der Waals surface area contributed by atoms with Gasteiger partial charge in [0.15, 0.2) is 0 Å². The van der Waals surface area contributed by atoms with Crippen LogP contribution in [0.3, 0.4) is 0 Å². The highest BCUT2D eigenvalue weighted by Crippen LogP contribution is 2.36. The van der Waals surface area contributed by atoms with Gasteiger partial charge in [0, 0.05) is 0 Å². The van der Waals surface area contributed by atoms with Gasteiger partial charge in [0.05, 0.1) is 28.4 Å². The SMILES string of the molecule is COC(=O)C(I)(CCC(I)(C(=O)OC)C(=O)OC)C(=O)OC. The normalized spacial score (nSPS) is 11.4. The Balaban J connectivity index is 5.48. The van der Waals surface area contributed by atoms with E-state index < -0.39 is 30.7 Å². The molecule has 0 unspecified atom stereocenters. The zero-order valence-electron chi connectivity index (χ0n) is 12.4. The van der Waals surface area contributed by atoms with Gasteiger partial charge in [-0.05, 0) is 12.8 Å². The van der Waals surface area contributed by atoms with Crippen LogP contribution in [0.25, 0.3) is 0 Å². The van der Waals surface area contributed by atoms with Crippen molar-refractivity contribution >= 4 is 69.1 Å². The Morgan fingerprint density at radius 3 is 0.955 bits per heavy atom. The molecule has 22 heavy (non-hydrogen) atoms. The molecular formula is C12H16I2O8. The summed E-state index contributed by atoms with van der Waals surface area (Å²) >= 11 is 3.16. The Morgan fingerprint density at radius 2 is 0.818 bits per heavy atom. The van der Waals surface area contributed by atoms with Gasteiger partial charge >= 0.3 is 23.9 Å². The van der Waals surface area contributed by atoms with E-state index in [-0.39, 0.29) is 12.8 Å². The van der Waals surface area contributed by atoms with Crippen LogP contribution in [0.15, 0.2) is 0 Å². The Kier molecular flexibility index (Phi) is 8.57. The minimum Gasteiger partial charge on any atom is -0.468 e. The lowest BCUT2D eigenvalue weighted by molar-refractivity contribution is -0.159. The first kappa shape index (κ1) is 21.3. The number of rotatable bonds is 7. The predicted octanol–water partition coefficient (Wildman–Crippen LogP) is 0.806. The van der Waals surface area contributed by atoms with E-state index in [1.54, 1.807) is 45.2 Å². The van der Waals surface area contributed by atoms with Crippen molar-refractivity contribution in [2.45, 2.75) is 19.7 Å². The smallest absolute Gasteiger partial charge is 0.333 e. The number of ether oxygens (including phenoxy) is 4. The molecule has 0 aromatic carbocycles. The van der Waals surface area contributed by atoms with E-state index in [2.05, 4.69) is 18.9 Å². The highest BCUT2D eigenvalue weighted by molar-refractivity contribution is 14.1. The van der Waals surface area contributed by atoms with Gasteiger partial charge in [0.1, 0.15) is 0 Å². The molecule has 0 rings (SSSR count). The van der Waals surface area contributed by atoms with Crippen molar-refractivity contribution in [1.29, 1.82) is 0 Å². The number of carbonyl (C=O) groups is 4. The Bertz CT molecular complexity index is 388. The Labute approximate surface area is 154 Å². The summed E-state index contributed by atoms with van der Waals surface area (Å²) < 4.78 is 15.0. The second-order valence-corrected chi connectivity index (χ2v) is 7.75. The number of esters is 4. The van der Waals surface area contributed by atoms with Crippen LogP contribution in [0, 0.1) is 0 Å². The van der Waals surface area contributed by atoms with Gasteiger partial charge in [-0.25, -0.2) is 19.2 Å². The molecule has 0 saturated carbocycles. The fourth-order valence-electron chi connectivity index (χ4n) is 1.57. The van der Waals surface area contributed by atoms with Crippen LogP contribution in [-0.2, 0) is 38.1 Å². The van der Waals surface area contributed by atoms with Gasteiger partial charge in [-0.2, -0.15) is 0 Å². The molecule has 0 radical (unpaired) electrons. The van der Waals surface area contributed by atoms with E-state index in [4.69, 9.17) is 0 Å². The first-order valence-corrected chi connectivity index (χ1v) is 8.01. The van der Waals surface area contributed by atoms with Gasteiger partial charge in [0.25, 0.3) is 0 Å². The summed E-state index contributed by atoms with van der Waals surface area (Å²) in [6, 6.07) is 0. The molecule has 0 saturated heterocycles. The molecule has 0 fully saturated rings. The summed E-state index contributed by atoms with van der Waals surface area (Å²) in [4.78, 5) is 47.5. The fraction of sp³-hybridized carbons (Fsp3) is 0.667. The summed E-state index contributed by atoms with van der Waals surface area (Å²) in [5.74, 6) is -3.36. The molecule has 0 N–H and O–H groups in total. The van der Waals surface area contributed by atoms with E-state index in [0.29, 0.717) is 0 Å². The maximum absolute atomic E-state index is 11.9. The third kappa shape index (κ3) is 4.43. The largest absolute Gasteiger partial charge is 0.468 e. The van der Waals surface area contributed by atoms with Crippen LogP contribution in [-0.4, -0.2) is 59.2 Å². The van der Waals surface area contributed by atoms with Crippen LogP contribution >= 0.6 is 45.2 Å². The molecule has 8 nitrogen and oxygen atoms in total. The highest BCUT2D eigenvalue weighted by Gasteiger charge is 2.52. The summed E-state index contributed by atoms with van der Waals surface area (Å²) in [6.07, 6.45) is -0.361. The molecule has 0 aromatic heterocycles. The fourth-order valence-corrected chi connectivity index (χ4v) is 2.99. The van der Waals surface area contributed by atoms with Crippen molar-refractivity contribution in [2.75, 3.05) is 28.4 Å². The third-order valence-electron chi connectivity index (χ3n) is 2.85. The molecule has 0 bridgehead atoms. The van der Waals surface area contributed by atoms with Crippen LogP contribution in [0.5, 0.6) is 0 Å².